The third-order valence-corrected chi connectivity index (χ3v) is 8.68. The summed E-state index contributed by atoms with van der Waals surface area (Å²) in [7, 11) is 4.34. The van der Waals surface area contributed by atoms with E-state index in [2.05, 4.69) is 142 Å². The van der Waals surface area contributed by atoms with Crippen molar-refractivity contribution in [1.29, 1.82) is 0 Å². The van der Waals surface area contributed by atoms with Crippen LogP contribution in [0, 0.1) is 0 Å². The van der Waals surface area contributed by atoms with E-state index in [9.17, 15) is 0 Å². The minimum atomic E-state index is 0.238. The number of hydrogen-bond acceptors (Lipinski definition) is 0. The van der Waals surface area contributed by atoms with Gasteiger partial charge in [-0.15, -0.1) is 0 Å². The molecule has 9 rings (SSSR count). The molecule has 4 heteroatoms. The number of para-hydroxylation sites is 4. The first-order valence-corrected chi connectivity index (χ1v) is 12.8. The zero-order chi connectivity index (χ0) is 24.0. The number of hydrogen-bond donors (Lipinski definition) is 0. The predicted molar refractivity (Wildman–Crippen MR) is 141 cm³/mol. The summed E-state index contributed by atoms with van der Waals surface area (Å²) in [5, 5.41) is 0. The van der Waals surface area contributed by atoms with Gasteiger partial charge in [0, 0.05) is 0 Å². The van der Waals surface area contributed by atoms with E-state index < -0.39 is 0 Å². The van der Waals surface area contributed by atoms with E-state index in [-0.39, 0.29) is 23.9 Å². The Labute approximate surface area is 210 Å². The van der Waals surface area contributed by atoms with E-state index in [4.69, 9.17) is 0 Å². The van der Waals surface area contributed by atoms with E-state index in [1.807, 2.05) is 0 Å². The van der Waals surface area contributed by atoms with Gasteiger partial charge in [-0.1, -0.05) is 72.8 Å². The quantitative estimate of drug-likeness (QED) is 0.306. The van der Waals surface area contributed by atoms with Crippen molar-refractivity contribution in [2.24, 2.45) is 14.1 Å². The Morgan fingerprint density at radius 1 is 0.472 bits per heavy atom. The van der Waals surface area contributed by atoms with Gasteiger partial charge in [-0.25, -0.2) is 18.3 Å². The second kappa shape index (κ2) is 7.17. The number of nitrogens with zero attached hydrogens (tertiary/aromatic N) is 4. The Morgan fingerprint density at radius 2 is 0.806 bits per heavy atom. The van der Waals surface area contributed by atoms with E-state index >= 15 is 0 Å². The van der Waals surface area contributed by atoms with E-state index in [1.54, 1.807) is 0 Å². The number of rotatable bonds is 2. The van der Waals surface area contributed by atoms with Crippen LogP contribution in [0.2, 0.25) is 0 Å². The molecular weight excluding hydrogens is 440 g/mol. The smallest absolute Gasteiger partial charge is 0.233 e. The van der Waals surface area contributed by atoms with Crippen molar-refractivity contribution < 1.29 is 9.13 Å². The summed E-state index contributed by atoms with van der Waals surface area (Å²) < 4.78 is 9.69. The van der Waals surface area contributed by atoms with Crippen LogP contribution in [0.15, 0.2) is 110 Å². The number of imidazole rings is 2. The molecule has 4 aromatic carbocycles. The fourth-order valence-electron chi connectivity index (χ4n) is 7.33. The molecule has 174 valence electrons. The molecule has 0 aliphatic heterocycles. The highest BCUT2D eigenvalue weighted by Crippen LogP contribution is 2.62. The van der Waals surface area contributed by atoms with Gasteiger partial charge in [0.15, 0.2) is 34.2 Å². The maximum atomic E-state index is 2.57. The van der Waals surface area contributed by atoms with Gasteiger partial charge in [0.1, 0.15) is 0 Å². The third kappa shape index (κ3) is 2.49. The molecule has 2 heterocycles. The molecule has 0 fully saturated rings. The molecule has 2 unspecified atom stereocenters. The number of benzene rings is 4. The fraction of sp³-hybridized carbons (Fsp3) is 0.188. The first kappa shape index (κ1) is 20.1. The Morgan fingerprint density at radius 3 is 1.19 bits per heavy atom. The van der Waals surface area contributed by atoms with Crippen molar-refractivity contribution in [2.45, 2.75) is 23.9 Å². The van der Waals surface area contributed by atoms with Crippen molar-refractivity contribution in [3.05, 3.63) is 132 Å². The lowest BCUT2D eigenvalue weighted by molar-refractivity contribution is -0.646. The van der Waals surface area contributed by atoms with Crippen LogP contribution in [0.25, 0.3) is 22.1 Å². The summed E-state index contributed by atoms with van der Waals surface area (Å²) >= 11 is 0. The van der Waals surface area contributed by atoms with Crippen LogP contribution in [-0.2, 0) is 14.1 Å². The zero-order valence-electron chi connectivity index (χ0n) is 20.5. The second-order valence-electron chi connectivity index (χ2n) is 10.4. The SMILES string of the molecule is C[n+]1cn(C2C3c4ccccc4C(c4ccccc43)C2n2c[n+](C)c3ccccc32)c2ccccc21. The Bertz CT molecular complexity index is 1630. The number of aromatic nitrogens is 4. The first-order chi connectivity index (χ1) is 17.7. The summed E-state index contributed by atoms with van der Waals surface area (Å²) in [4.78, 5) is 0. The van der Waals surface area contributed by atoms with Crippen LogP contribution < -0.4 is 9.13 Å². The minimum absolute atomic E-state index is 0.238. The molecule has 2 bridgehead atoms. The topological polar surface area (TPSA) is 17.6 Å². The Hall–Kier alpha value is -4.18. The van der Waals surface area contributed by atoms with Gasteiger partial charge in [-0.3, -0.25) is 0 Å². The largest absolute Gasteiger partial charge is 0.244 e. The van der Waals surface area contributed by atoms with Gasteiger partial charge < -0.3 is 0 Å². The molecule has 0 radical (unpaired) electrons. The second-order valence-corrected chi connectivity index (χ2v) is 10.4. The summed E-state index contributed by atoms with van der Waals surface area (Å²) in [5.74, 6) is 0.546. The molecule has 6 aromatic rings. The van der Waals surface area contributed by atoms with Gasteiger partial charge in [-0.05, 0) is 46.5 Å². The first-order valence-electron chi connectivity index (χ1n) is 12.8. The van der Waals surface area contributed by atoms with Gasteiger partial charge in [-0.2, -0.15) is 0 Å². The maximum Gasteiger partial charge on any atom is 0.244 e. The predicted octanol–water partition coefficient (Wildman–Crippen LogP) is 5.32. The standard InChI is InChI=1S/C32H28N4/c1-33-19-35(27-17-9-7-15-25(27)33)31-29-21-11-3-5-13-23(21)30(24-14-6-4-12-22(24)29)32(31)36-20-34(2)26-16-8-10-18-28(26)36/h3-20,29-32H,1-2H3/q+2. The molecular formula is C32H28N4+2. The van der Waals surface area contributed by atoms with Crippen LogP contribution in [0.3, 0.4) is 0 Å². The molecule has 3 aliphatic rings. The molecule has 36 heavy (non-hydrogen) atoms. The van der Waals surface area contributed by atoms with Gasteiger partial charge in [0.25, 0.3) is 0 Å². The highest BCUT2D eigenvalue weighted by atomic mass is 15.2. The third-order valence-electron chi connectivity index (χ3n) is 8.68. The molecule has 2 aromatic heterocycles. The zero-order valence-corrected chi connectivity index (χ0v) is 20.5. The summed E-state index contributed by atoms with van der Waals surface area (Å²) in [6.07, 6.45) is 4.64. The van der Waals surface area contributed by atoms with E-state index in [0.717, 1.165) is 0 Å². The monoisotopic (exact) mass is 468 g/mol. The van der Waals surface area contributed by atoms with Crippen LogP contribution in [-0.4, -0.2) is 9.13 Å². The van der Waals surface area contributed by atoms with Gasteiger partial charge in [0.2, 0.25) is 12.7 Å². The van der Waals surface area contributed by atoms with Gasteiger partial charge in [0.05, 0.1) is 25.9 Å². The Balaban J connectivity index is 1.50. The summed E-state index contributed by atoms with van der Waals surface area (Å²) in [5.41, 5.74) is 11.0. The van der Waals surface area contributed by atoms with Crippen LogP contribution >= 0.6 is 0 Å². The van der Waals surface area contributed by atoms with Crippen molar-refractivity contribution in [1.82, 2.24) is 9.13 Å². The van der Waals surface area contributed by atoms with E-state index in [1.165, 1.54) is 44.3 Å². The van der Waals surface area contributed by atoms with Crippen LogP contribution in [0.5, 0.6) is 0 Å². The Kier molecular flexibility index (Phi) is 4.00. The highest BCUT2D eigenvalue weighted by molar-refractivity contribution is 5.74. The maximum absolute atomic E-state index is 2.57. The molecule has 2 atom stereocenters. The summed E-state index contributed by atoms with van der Waals surface area (Å²) in [6.45, 7) is 0. The lowest BCUT2D eigenvalue weighted by Gasteiger charge is -2.47. The molecule has 0 saturated carbocycles. The van der Waals surface area contributed by atoms with Crippen LogP contribution in [0.1, 0.15) is 46.2 Å². The van der Waals surface area contributed by atoms with Crippen molar-refractivity contribution in [2.75, 3.05) is 0 Å². The van der Waals surface area contributed by atoms with Crippen molar-refractivity contribution in [3.63, 3.8) is 0 Å². The highest BCUT2D eigenvalue weighted by Gasteiger charge is 2.56. The van der Waals surface area contributed by atoms with Crippen LogP contribution in [0.4, 0.5) is 0 Å². The fourth-order valence-corrected chi connectivity index (χ4v) is 7.33. The molecule has 0 amide bonds. The molecule has 0 saturated heterocycles. The lowest BCUT2D eigenvalue weighted by atomic mass is 9.59. The molecule has 3 aliphatic carbocycles. The average molecular weight is 469 g/mol. The van der Waals surface area contributed by atoms with Crippen molar-refractivity contribution >= 4 is 22.1 Å². The molecule has 0 spiro atoms. The van der Waals surface area contributed by atoms with Gasteiger partial charge >= 0.3 is 0 Å². The normalized spacial score (nSPS) is 22.2. The minimum Gasteiger partial charge on any atom is -0.233 e. The van der Waals surface area contributed by atoms with E-state index in [0.29, 0.717) is 0 Å². The van der Waals surface area contributed by atoms with Crippen molar-refractivity contribution in [3.8, 4) is 0 Å². The lowest BCUT2D eigenvalue weighted by Crippen LogP contribution is -2.43. The summed E-state index contributed by atoms with van der Waals surface area (Å²) in [6, 6.07) is 36.4. The number of aryl methyl sites for hydroxylation is 2. The molecule has 0 N–H and O–H groups in total. The molecule has 4 nitrogen and oxygen atoms in total. The average Bonchev–Trinajstić information content (AvgIpc) is 3.45. The number of fused-ring (bicyclic) bond motifs is 3.